The zero-order chi connectivity index (χ0) is 15.7. The van der Waals surface area contributed by atoms with Crippen molar-refractivity contribution >= 4 is 27.5 Å². The van der Waals surface area contributed by atoms with Crippen LogP contribution in [0.15, 0.2) is 28.7 Å². The van der Waals surface area contributed by atoms with Gasteiger partial charge in [0.15, 0.2) is 0 Å². The van der Waals surface area contributed by atoms with Crippen LogP contribution in [0.4, 0.5) is 18.9 Å². The number of carbonyl (C=O) groups excluding carboxylic acids is 1. The second-order valence-corrected chi connectivity index (χ2v) is 5.42. The molecule has 0 unspecified atom stereocenters. The van der Waals surface area contributed by atoms with E-state index in [2.05, 4.69) is 21.2 Å². The highest BCUT2D eigenvalue weighted by Gasteiger charge is 2.19. The summed E-state index contributed by atoms with van der Waals surface area (Å²) in [5.41, 5.74) is 1.33. The van der Waals surface area contributed by atoms with Gasteiger partial charge in [-0.15, -0.1) is 0 Å². The van der Waals surface area contributed by atoms with E-state index in [4.69, 9.17) is 0 Å². The number of nitrogens with one attached hydrogen (secondary N) is 1. The van der Waals surface area contributed by atoms with E-state index in [1.165, 1.54) is 0 Å². The van der Waals surface area contributed by atoms with Crippen LogP contribution in [0.25, 0.3) is 0 Å². The third-order valence-corrected chi connectivity index (χ3v) is 4.18. The number of aryl methyl sites for hydroxylation is 2. The van der Waals surface area contributed by atoms with Crippen LogP contribution in [-0.4, -0.2) is 5.91 Å². The molecule has 6 heteroatoms. The zero-order valence-electron chi connectivity index (χ0n) is 11.2. The van der Waals surface area contributed by atoms with E-state index in [1.54, 1.807) is 12.1 Å². The normalized spacial score (nSPS) is 10.6. The number of amides is 1. The minimum absolute atomic E-state index is 0.404. The third kappa shape index (κ3) is 3.26. The largest absolute Gasteiger partial charge is 0.322 e. The number of carbonyl (C=O) groups is 1. The van der Waals surface area contributed by atoms with Gasteiger partial charge in [-0.05, 0) is 37.1 Å². The minimum Gasteiger partial charge on any atom is -0.322 e. The minimum atomic E-state index is -1.24. The first-order valence-corrected chi connectivity index (χ1v) is 6.81. The molecule has 1 amide bonds. The van der Waals surface area contributed by atoms with Gasteiger partial charge in [-0.25, -0.2) is 13.2 Å². The van der Waals surface area contributed by atoms with Crippen LogP contribution in [0.1, 0.15) is 21.5 Å². The van der Waals surface area contributed by atoms with E-state index in [9.17, 15) is 18.0 Å². The maximum Gasteiger partial charge on any atom is 0.261 e. The molecular weight excluding hydrogens is 347 g/mol. The Labute approximate surface area is 128 Å². The highest BCUT2D eigenvalue weighted by atomic mass is 79.9. The van der Waals surface area contributed by atoms with Gasteiger partial charge >= 0.3 is 0 Å². The van der Waals surface area contributed by atoms with Crippen LogP contribution < -0.4 is 5.32 Å². The molecule has 2 aromatic rings. The molecule has 0 spiro atoms. The topological polar surface area (TPSA) is 29.1 Å². The monoisotopic (exact) mass is 357 g/mol. The highest BCUT2D eigenvalue weighted by Crippen LogP contribution is 2.25. The van der Waals surface area contributed by atoms with Crippen molar-refractivity contribution in [2.24, 2.45) is 0 Å². The number of anilines is 1. The Hall–Kier alpha value is -1.82. The smallest absolute Gasteiger partial charge is 0.261 e. The number of benzene rings is 2. The molecule has 0 fully saturated rings. The van der Waals surface area contributed by atoms with Gasteiger partial charge in [-0.1, -0.05) is 15.9 Å². The summed E-state index contributed by atoms with van der Waals surface area (Å²) in [4.78, 5) is 11.9. The molecule has 0 aliphatic rings. The summed E-state index contributed by atoms with van der Waals surface area (Å²) in [6.07, 6.45) is 0. The first kappa shape index (κ1) is 15.6. The molecule has 0 saturated heterocycles. The van der Waals surface area contributed by atoms with Crippen molar-refractivity contribution in [2.75, 3.05) is 5.32 Å². The van der Waals surface area contributed by atoms with Crippen molar-refractivity contribution in [3.63, 3.8) is 0 Å². The summed E-state index contributed by atoms with van der Waals surface area (Å²) in [5, 5.41) is 2.41. The van der Waals surface area contributed by atoms with Gasteiger partial charge in [0.1, 0.15) is 23.0 Å². The first-order valence-electron chi connectivity index (χ1n) is 6.02. The van der Waals surface area contributed by atoms with E-state index in [1.807, 2.05) is 13.8 Å². The van der Waals surface area contributed by atoms with Crippen molar-refractivity contribution in [1.82, 2.24) is 0 Å². The molecule has 0 aromatic heterocycles. The Morgan fingerprint density at radius 2 is 1.48 bits per heavy atom. The molecule has 2 nitrogen and oxygen atoms in total. The van der Waals surface area contributed by atoms with Crippen molar-refractivity contribution in [3.05, 3.63) is 62.9 Å². The Bertz CT molecular complexity index is 685. The predicted octanol–water partition coefficient (Wildman–Crippen LogP) is 4.74. The molecular formula is C15H11BrF3NO. The SMILES string of the molecule is Cc1cc(NC(=O)c2c(F)cc(F)cc2F)cc(C)c1Br. The van der Waals surface area contributed by atoms with E-state index >= 15 is 0 Å². The van der Waals surface area contributed by atoms with Crippen LogP contribution in [0.2, 0.25) is 0 Å². The van der Waals surface area contributed by atoms with Gasteiger partial charge in [0.2, 0.25) is 0 Å². The number of halogens is 4. The quantitative estimate of drug-likeness (QED) is 0.826. The lowest BCUT2D eigenvalue weighted by atomic mass is 10.1. The maximum atomic E-state index is 13.5. The molecule has 110 valence electrons. The summed E-state index contributed by atoms with van der Waals surface area (Å²) in [7, 11) is 0. The van der Waals surface area contributed by atoms with Gasteiger partial charge < -0.3 is 5.32 Å². The molecule has 0 saturated carbocycles. The Morgan fingerprint density at radius 1 is 1.00 bits per heavy atom. The lowest BCUT2D eigenvalue weighted by molar-refractivity contribution is 0.101. The number of hydrogen-bond acceptors (Lipinski definition) is 1. The summed E-state index contributed by atoms with van der Waals surface area (Å²) < 4.78 is 40.8. The molecule has 0 atom stereocenters. The van der Waals surface area contributed by atoms with Crippen molar-refractivity contribution < 1.29 is 18.0 Å². The van der Waals surface area contributed by atoms with Gasteiger partial charge in [-0.2, -0.15) is 0 Å². The first-order chi connectivity index (χ1) is 9.79. The van der Waals surface area contributed by atoms with E-state index in [0.29, 0.717) is 17.8 Å². The molecule has 2 rings (SSSR count). The van der Waals surface area contributed by atoms with Gasteiger partial charge in [0.05, 0.1) is 0 Å². The van der Waals surface area contributed by atoms with E-state index in [0.717, 1.165) is 15.6 Å². The molecule has 0 heterocycles. The Kier molecular flexibility index (Phi) is 4.37. The molecule has 2 aromatic carbocycles. The Morgan fingerprint density at radius 3 is 1.95 bits per heavy atom. The number of rotatable bonds is 2. The van der Waals surface area contributed by atoms with Crippen LogP contribution in [0.3, 0.4) is 0 Å². The second kappa shape index (κ2) is 5.89. The summed E-state index contributed by atoms with van der Waals surface area (Å²) >= 11 is 3.38. The standard InChI is InChI=1S/C15H11BrF3NO/c1-7-3-10(4-8(2)14(7)16)20-15(21)13-11(18)5-9(17)6-12(13)19/h3-6H,1-2H3,(H,20,21). The highest BCUT2D eigenvalue weighted by molar-refractivity contribution is 9.10. The molecule has 1 N–H and O–H groups in total. The lowest BCUT2D eigenvalue weighted by Crippen LogP contribution is -2.16. The molecule has 0 radical (unpaired) electrons. The number of hydrogen-bond donors (Lipinski definition) is 1. The average Bonchev–Trinajstić information content (AvgIpc) is 2.34. The maximum absolute atomic E-state index is 13.5. The summed E-state index contributed by atoms with van der Waals surface area (Å²) in [5.74, 6) is -4.52. The second-order valence-electron chi connectivity index (χ2n) is 4.62. The Balaban J connectivity index is 2.35. The third-order valence-electron chi connectivity index (χ3n) is 2.93. The van der Waals surface area contributed by atoms with Crippen LogP contribution in [0.5, 0.6) is 0 Å². The van der Waals surface area contributed by atoms with Gasteiger partial charge in [-0.3, -0.25) is 4.79 Å². The summed E-state index contributed by atoms with van der Waals surface area (Å²) in [6.45, 7) is 3.65. The van der Waals surface area contributed by atoms with Gasteiger partial charge in [0, 0.05) is 22.3 Å². The van der Waals surface area contributed by atoms with Crippen molar-refractivity contribution in [3.8, 4) is 0 Å². The van der Waals surface area contributed by atoms with Crippen LogP contribution in [-0.2, 0) is 0 Å². The van der Waals surface area contributed by atoms with E-state index < -0.39 is 28.9 Å². The molecule has 0 aliphatic carbocycles. The van der Waals surface area contributed by atoms with E-state index in [-0.39, 0.29) is 0 Å². The fourth-order valence-electron chi connectivity index (χ4n) is 1.97. The van der Waals surface area contributed by atoms with Crippen LogP contribution in [0, 0.1) is 31.3 Å². The molecule has 21 heavy (non-hydrogen) atoms. The molecule has 0 bridgehead atoms. The van der Waals surface area contributed by atoms with Crippen molar-refractivity contribution in [2.45, 2.75) is 13.8 Å². The lowest BCUT2D eigenvalue weighted by Gasteiger charge is -2.10. The predicted molar refractivity (Wildman–Crippen MR) is 77.9 cm³/mol. The van der Waals surface area contributed by atoms with Gasteiger partial charge in [0.25, 0.3) is 5.91 Å². The summed E-state index contributed by atoms with van der Waals surface area (Å²) in [6, 6.07) is 4.26. The fourth-order valence-corrected chi connectivity index (χ4v) is 2.20. The molecule has 0 aliphatic heterocycles. The average molecular weight is 358 g/mol. The van der Waals surface area contributed by atoms with Crippen molar-refractivity contribution in [1.29, 1.82) is 0 Å². The fraction of sp³-hybridized carbons (Fsp3) is 0.133. The van der Waals surface area contributed by atoms with Crippen LogP contribution >= 0.6 is 15.9 Å². The zero-order valence-corrected chi connectivity index (χ0v) is 12.8.